The predicted octanol–water partition coefficient (Wildman–Crippen LogP) is 2.25. The number of rotatable bonds is 8. The molecule has 0 unspecified atom stereocenters. The van der Waals surface area contributed by atoms with Crippen LogP contribution in [0, 0.1) is 13.8 Å². The number of hydrogen-bond acceptors (Lipinski definition) is 3. The normalized spacial score (nSPS) is 11.4. The zero-order valence-corrected chi connectivity index (χ0v) is 12.7. The van der Waals surface area contributed by atoms with Gasteiger partial charge in [-0.15, -0.1) is 0 Å². The van der Waals surface area contributed by atoms with E-state index in [0.717, 1.165) is 37.6 Å². The number of nitrogens with one attached hydrogen (secondary N) is 2. The molecule has 0 fully saturated rings. The Bertz CT molecular complexity index is 468. The third-order valence-electron chi connectivity index (χ3n) is 3.48. The summed E-state index contributed by atoms with van der Waals surface area (Å²) in [4.78, 5) is 17.4. The van der Waals surface area contributed by atoms with Crippen molar-refractivity contribution in [3.05, 3.63) is 35.4 Å². The van der Waals surface area contributed by atoms with E-state index in [-0.39, 0.29) is 0 Å². The molecule has 0 saturated carbocycles. The van der Waals surface area contributed by atoms with Gasteiger partial charge < -0.3 is 14.9 Å². The average molecular weight is 275 g/mol. The van der Waals surface area contributed by atoms with E-state index >= 15 is 0 Å². The third-order valence-corrected chi connectivity index (χ3v) is 3.48. The Balaban J connectivity index is 1.57. The van der Waals surface area contributed by atoms with Crippen molar-refractivity contribution in [2.45, 2.75) is 39.5 Å². The van der Waals surface area contributed by atoms with Gasteiger partial charge in [-0.1, -0.05) is 0 Å². The molecule has 0 amide bonds. The van der Waals surface area contributed by atoms with Gasteiger partial charge in [0.15, 0.2) is 0 Å². The van der Waals surface area contributed by atoms with E-state index in [0.29, 0.717) is 0 Å². The van der Waals surface area contributed by atoms with Gasteiger partial charge in [-0.05, 0) is 59.7 Å². The van der Waals surface area contributed by atoms with Crippen LogP contribution in [-0.2, 0) is 12.8 Å². The van der Waals surface area contributed by atoms with Gasteiger partial charge in [0.2, 0.25) is 0 Å². The standard InChI is InChI=1S/C15H25N5/c1-12-16-10-14(18-12)6-4-8-20(3)9-5-7-15-11-17-13(2)19-15/h10-11H,4-9H2,1-3H3,(H,16,18)(H,17,19). The highest BCUT2D eigenvalue weighted by molar-refractivity contribution is 5.00. The van der Waals surface area contributed by atoms with Crippen molar-refractivity contribution >= 4 is 0 Å². The SMILES string of the molecule is Cc1ncc(CCCN(C)CCCc2cnc(C)[nH]2)[nH]1. The van der Waals surface area contributed by atoms with Gasteiger partial charge in [-0.25, -0.2) is 9.97 Å². The van der Waals surface area contributed by atoms with Crippen LogP contribution in [-0.4, -0.2) is 45.0 Å². The van der Waals surface area contributed by atoms with Crippen molar-refractivity contribution < 1.29 is 0 Å². The molecule has 5 nitrogen and oxygen atoms in total. The summed E-state index contributed by atoms with van der Waals surface area (Å²) < 4.78 is 0. The quantitative estimate of drug-likeness (QED) is 0.777. The molecule has 0 spiro atoms. The summed E-state index contributed by atoms with van der Waals surface area (Å²) >= 11 is 0. The fraction of sp³-hybridized carbons (Fsp3) is 0.600. The van der Waals surface area contributed by atoms with Crippen molar-refractivity contribution in [1.82, 2.24) is 24.8 Å². The second kappa shape index (κ2) is 7.24. The van der Waals surface area contributed by atoms with Crippen LogP contribution in [0.15, 0.2) is 12.4 Å². The minimum atomic E-state index is 1.00. The molecule has 0 aliphatic heterocycles. The lowest BCUT2D eigenvalue weighted by atomic mass is 10.2. The molecule has 2 rings (SSSR count). The molecule has 2 aromatic heterocycles. The van der Waals surface area contributed by atoms with Crippen molar-refractivity contribution in [1.29, 1.82) is 0 Å². The van der Waals surface area contributed by atoms with Gasteiger partial charge in [-0.3, -0.25) is 0 Å². The molecule has 2 N–H and O–H groups in total. The summed E-state index contributed by atoms with van der Waals surface area (Å²) in [5.41, 5.74) is 2.48. The van der Waals surface area contributed by atoms with Crippen LogP contribution in [0.5, 0.6) is 0 Å². The minimum absolute atomic E-state index is 1.00. The van der Waals surface area contributed by atoms with Gasteiger partial charge in [0.25, 0.3) is 0 Å². The number of hydrogen-bond donors (Lipinski definition) is 2. The van der Waals surface area contributed by atoms with Crippen molar-refractivity contribution in [2.24, 2.45) is 0 Å². The second-order valence-corrected chi connectivity index (χ2v) is 5.50. The number of imidazole rings is 2. The number of H-pyrrole nitrogens is 2. The molecule has 0 aromatic carbocycles. The number of aromatic amines is 2. The molecule has 0 aliphatic carbocycles. The predicted molar refractivity (Wildman–Crippen MR) is 80.8 cm³/mol. The highest BCUT2D eigenvalue weighted by Crippen LogP contribution is 2.03. The topological polar surface area (TPSA) is 60.6 Å². The molecule has 0 radical (unpaired) electrons. The number of aryl methyl sites for hydroxylation is 4. The monoisotopic (exact) mass is 275 g/mol. The summed E-state index contributed by atoms with van der Waals surface area (Å²) in [6.07, 6.45) is 8.37. The first kappa shape index (κ1) is 14.8. The molecule has 0 aliphatic rings. The maximum Gasteiger partial charge on any atom is 0.103 e. The van der Waals surface area contributed by atoms with E-state index in [4.69, 9.17) is 0 Å². The molecule has 2 heterocycles. The van der Waals surface area contributed by atoms with Crippen LogP contribution in [0.3, 0.4) is 0 Å². The maximum atomic E-state index is 4.22. The molecular formula is C15H25N5. The Morgan fingerprint density at radius 1 is 0.900 bits per heavy atom. The molecular weight excluding hydrogens is 250 g/mol. The number of nitrogens with zero attached hydrogens (tertiary/aromatic N) is 3. The van der Waals surface area contributed by atoms with Crippen LogP contribution >= 0.6 is 0 Å². The molecule has 0 saturated heterocycles. The molecule has 0 bridgehead atoms. The van der Waals surface area contributed by atoms with Crippen LogP contribution < -0.4 is 0 Å². The molecule has 20 heavy (non-hydrogen) atoms. The van der Waals surface area contributed by atoms with Gasteiger partial charge in [0.1, 0.15) is 11.6 Å². The van der Waals surface area contributed by atoms with Gasteiger partial charge in [-0.2, -0.15) is 0 Å². The fourth-order valence-electron chi connectivity index (χ4n) is 2.39. The van der Waals surface area contributed by atoms with Gasteiger partial charge in [0.05, 0.1) is 0 Å². The fourth-order valence-corrected chi connectivity index (χ4v) is 2.39. The highest BCUT2D eigenvalue weighted by Gasteiger charge is 2.02. The Morgan fingerprint density at radius 2 is 1.35 bits per heavy atom. The smallest absolute Gasteiger partial charge is 0.103 e. The van der Waals surface area contributed by atoms with E-state index in [1.807, 2.05) is 26.2 Å². The highest BCUT2D eigenvalue weighted by atomic mass is 15.1. The van der Waals surface area contributed by atoms with E-state index in [9.17, 15) is 0 Å². The van der Waals surface area contributed by atoms with Crippen LogP contribution in [0.2, 0.25) is 0 Å². The van der Waals surface area contributed by atoms with Crippen molar-refractivity contribution in [3.63, 3.8) is 0 Å². The summed E-state index contributed by atoms with van der Waals surface area (Å²) in [7, 11) is 2.19. The van der Waals surface area contributed by atoms with Crippen LogP contribution in [0.4, 0.5) is 0 Å². The van der Waals surface area contributed by atoms with E-state index in [2.05, 4.69) is 31.9 Å². The van der Waals surface area contributed by atoms with Gasteiger partial charge in [0, 0.05) is 23.8 Å². The van der Waals surface area contributed by atoms with Gasteiger partial charge >= 0.3 is 0 Å². The first-order valence-corrected chi connectivity index (χ1v) is 7.33. The lowest BCUT2D eigenvalue weighted by Gasteiger charge is -2.15. The third kappa shape index (κ3) is 4.81. The lowest BCUT2D eigenvalue weighted by Crippen LogP contribution is -2.21. The molecule has 110 valence electrons. The van der Waals surface area contributed by atoms with Crippen LogP contribution in [0.1, 0.15) is 35.9 Å². The Morgan fingerprint density at radius 3 is 1.70 bits per heavy atom. The van der Waals surface area contributed by atoms with E-state index < -0.39 is 0 Å². The van der Waals surface area contributed by atoms with Crippen LogP contribution in [0.25, 0.3) is 0 Å². The minimum Gasteiger partial charge on any atom is -0.346 e. The summed E-state index contributed by atoms with van der Waals surface area (Å²) in [5, 5.41) is 0. The first-order valence-electron chi connectivity index (χ1n) is 7.33. The van der Waals surface area contributed by atoms with Crippen molar-refractivity contribution in [3.8, 4) is 0 Å². The maximum absolute atomic E-state index is 4.22. The first-order chi connectivity index (χ1) is 9.63. The summed E-state index contributed by atoms with van der Waals surface area (Å²) in [6.45, 7) is 6.24. The Kier molecular flexibility index (Phi) is 5.35. The summed E-state index contributed by atoms with van der Waals surface area (Å²) in [6, 6.07) is 0. The molecule has 2 aromatic rings. The summed E-state index contributed by atoms with van der Waals surface area (Å²) in [5.74, 6) is 2.01. The largest absolute Gasteiger partial charge is 0.346 e. The average Bonchev–Trinajstić information content (AvgIpc) is 2.99. The lowest BCUT2D eigenvalue weighted by molar-refractivity contribution is 0.324. The second-order valence-electron chi connectivity index (χ2n) is 5.50. The van der Waals surface area contributed by atoms with Crippen molar-refractivity contribution in [2.75, 3.05) is 20.1 Å². The zero-order chi connectivity index (χ0) is 14.4. The van der Waals surface area contributed by atoms with E-state index in [1.165, 1.54) is 24.2 Å². The molecule has 5 heteroatoms. The number of aromatic nitrogens is 4. The molecule has 0 atom stereocenters. The van der Waals surface area contributed by atoms with E-state index in [1.54, 1.807) is 0 Å². The Hall–Kier alpha value is -1.62. The zero-order valence-electron chi connectivity index (χ0n) is 12.7. The Labute approximate surface area is 120 Å².